The summed E-state index contributed by atoms with van der Waals surface area (Å²) in [5.74, 6) is 0.958. The van der Waals surface area contributed by atoms with Gasteiger partial charge in [-0.15, -0.1) is 0 Å². The average Bonchev–Trinajstić information content (AvgIpc) is 3.35. The Morgan fingerprint density at radius 1 is 1.17 bits per heavy atom. The largest absolute Gasteiger partial charge is 0.416 e. The van der Waals surface area contributed by atoms with Gasteiger partial charge in [-0.25, -0.2) is 0 Å². The average molecular weight is 405 g/mol. The molecule has 1 fully saturated rings. The van der Waals surface area contributed by atoms with Crippen LogP contribution in [0.25, 0.3) is 11.3 Å². The van der Waals surface area contributed by atoms with E-state index < -0.39 is 17.3 Å². The van der Waals surface area contributed by atoms with Gasteiger partial charge >= 0.3 is 6.18 Å². The number of H-pyrrole nitrogens is 1. The zero-order valence-corrected chi connectivity index (χ0v) is 15.7. The first-order valence-electron chi connectivity index (χ1n) is 9.64. The van der Waals surface area contributed by atoms with Crippen molar-refractivity contribution < 1.29 is 22.8 Å². The first kappa shape index (κ1) is 19.7. The lowest BCUT2D eigenvalue weighted by molar-refractivity contribution is -0.137. The molecule has 0 saturated heterocycles. The van der Waals surface area contributed by atoms with Gasteiger partial charge in [0.2, 0.25) is 0 Å². The Hall–Kier alpha value is -2.61. The molecule has 2 heterocycles. The van der Waals surface area contributed by atoms with Crippen molar-refractivity contribution in [3.8, 4) is 11.3 Å². The maximum Gasteiger partial charge on any atom is 0.416 e. The van der Waals surface area contributed by atoms with Crippen molar-refractivity contribution in [3.63, 3.8) is 0 Å². The summed E-state index contributed by atoms with van der Waals surface area (Å²) in [4.78, 5) is 0. The lowest BCUT2D eigenvalue weighted by Gasteiger charge is -2.35. The number of nitrogens with one attached hydrogen (secondary N) is 1. The molecular weight excluding hydrogens is 383 g/mol. The van der Waals surface area contributed by atoms with E-state index >= 15 is 0 Å². The van der Waals surface area contributed by atoms with Crippen molar-refractivity contribution in [2.24, 2.45) is 5.92 Å². The van der Waals surface area contributed by atoms with E-state index in [1.165, 1.54) is 0 Å². The third-order valence-electron chi connectivity index (χ3n) is 5.69. The van der Waals surface area contributed by atoms with Gasteiger partial charge in [0.25, 0.3) is 0 Å². The van der Waals surface area contributed by atoms with E-state index in [0.717, 1.165) is 42.5 Å². The zero-order valence-electron chi connectivity index (χ0n) is 15.7. The highest BCUT2D eigenvalue weighted by Crippen LogP contribution is 2.37. The number of aromatic nitrogens is 3. The Balaban J connectivity index is 1.31. The first-order valence-corrected chi connectivity index (χ1v) is 9.64. The number of aromatic amines is 1. The molecule has 154 valence electrons. The molecule has 2 aromatic heterocycles. The Morgan fingerprint density at radius 2 is 1.90 bits per heavy atom. The van der Waals surface area contributed by atoms with E-state index in [1.807, 2.05) is 6.07 Å². The van der Waals surface area contributed by atoms with E-state index in [9.17, 15) is 18.3 Å². The van der Waals surface area contributed by atoms with Crippen LogP contribution in [0, 0.1) is 5.92 Å². The van der Waals surface area contributed by atoms with E-state index in [2.05, 4.69) is 15.4 Å². The number of aliphatic hydroxyl groups is 1. The van der Waals surface area contributed by atoms with Gasteiger partial charge in [0.15, 0.2) is 5.76 Å². The number of hydrogen-bond acceptors (Lipinski definition) is 4. The Bertz CT molecular complexity index is 925. The molecule has 3 aromatic rings. The molecule has 0 radical (unpaired) electrons. The highest BCUT2D eigenvalue weighted by molar-refractivity contribution is 5.54. The van der Waals surface area contributed by atoms with Crippen LogP contribution in [0.4, 0.5) is 13.2 Å². The molecule has 1 aliphatic carbocycles. The number of rotatable bonds is 5. The van der Waals surface area contributed by atoms with Crippen LogP contribution in [-0.2, 0) is 19.0 Å². The monoisotopic (exact) mass is 405 g/mol. The molecule has 29 heavy (non-hydrogen) atoms. The quantitative estimate of drug-likeness (QED) is 0.640. The fourth-order valence-electron chi connectivity index (χ4n) is 4.01. The number of hydrogen-bond donors (Lipinski definition) is 2. The lowest BCUT2D eigenvalue weighted by atomic mass is 9.75. The summed E-state index contributed by atoms with van der Waals surface area (Å²) >= 11 is 0. The first-order chi connectivity index (χ1) is 13.8. The fraction of sp³-hybridized carbons (Fsp3) is 0.429. The Labute approximate surface area is 165 Å². The predicted octanol–water partition coefficient (Wildman–Crippen LogP) is 4.79. The molecule has 0 unspecified atom stereocenters. The molecule has 0 atom stereocenters. The maximum atomic E-state index is 12.7. The highest BCUT2D eigenvalue weighted by Gasteiger charge is 2.34. The molecule has 0 spiro atoms. The van der Waals surface area contributed by atoms with Crippen molar-refractivity contribution in [2.75, 3.05) is 0 Å². The van der Waals surface area contributed by atoms with Crippen LogP contribution < -0.4 is 0 Å². The second-order valence-corrected chi connectivity index (χ2v) is 7.91. The molecule has 1 aromatic carbocycles. The summed E-state index contributed by atoms with van der Waals surface area (Å²) in [7, 11) is 0. The molecule has 0 bridgehead atoms. The molecule has 4 rings (SSSR count). The van der Waals surface area contributed by atoms with Crippen LogP contribution >= 0.6 is 0 Å². The SMILES string of the molecule is OC1(Cc2cc(-c3cn[nH]c3)on2)CCC(Cc2ccc(C(F)(F)F)cc2)CC1. The summed E-state index contributed by atoms with van der Waals surface area (Å²) in [5.41, 5.74) is 0.943. The van der Waals surface area contributed by atoms with Crippen LogP contribution in [0.3, 0.4) is 0 Å². The smallest absolute Gasteiger partial charge is 0.389 e. The minimum absolute atomic E-state index is 0.353. The van der Waals surface area contributed by atoms with Crippen molar-refractivity contribution in [1.29, 1.82) is 0 Å². The fourth-order valence-corrected chi connectivity index (χ4v) is 4.01. The normalized spacial score (nSPS) is 22.7. The third kappa shape index (κ3) is 4.70. The molecule has 1 saturated carbocycles. The third-order valence-corrected chi connectivity index (χ3v) is 5.69. The summed E-state index contributed by atoms with van der Waals surface area (Å²) < 4.78 is 43.4. The van der Waals surface area contributed by atoms with E-state index in [-0.39, 0.29) is 0 Å². The van der Waals surface area contributed by atoms with Gasteiger partial charge in [0.1, 0.15) is 0 Å². The lowest BCUT2D eigenvalue weighted by Crippen LogP contribution is -2.36. The zero-order chi connectivity index (χ0) is 20.5. The topological polar surface area (TPSA) is 74.9 Å². The van der Waals surface area contributed by atoms with Crippen LogP contribution in [0.15, 0.2) is 47.2 Å². The van der Waals surface area contributed by atoms with E-state index in [1.54, 1.807) is 24.5 Å². The number of alkyl halides is 3. The summed E-state index contributed by atoms with van der Waals surface area (Å²) in [6.07, 6.45) is 3.10. The van der Waals surface area contributed by atoms with Crippen molar-refractivity contribution >= 4 is 0 Å². The van der Waals surface area contributed by atoms with Gasteiger partial charge in [0.05, 0.1) is 28.6 Å². The van der Waals surface area contributed by atoms with Crippen LogP contribution in [0.1, 0.15) is 42.5 Å². The van der Waals surface area contributed by atoms with Crippen LogP contribution in [0.5, 0.6) is 0 Å². The van der Waals surface area contributed by atoms with Crippen LogP contribution in [0.2, 0.25) is 0 Å². The Morgan fingerprint density at radius 3 is 2.52 bits per heavy atom. The van der Waals surface area contributed by atoms with Gasteiger partial charge in [-0.05, 0) is 55.7 Å². The minimum atomic E-state index is -4.31. The number of benzene rings is 1. The van der Waals surface area contributed by atoms with Gasteiger partial charge in [-0.2, -0.15) is 18.3 Å². The molecule has 0 aliphatic heterocycles. The highest BCUT2D eigenvalue weighted by atomic mass is 19.4. The summed E-state index contributed by atoms with van der Waals surface area (Å²) in [6.45, 7) is 0. The number of nitrogens with zero attached hydrogens (tertiary/aromatic N) is 2. The predicted molar refractivity (Wildman–Crippen MR) is 99.8 cm³/mol. The van der Waals surface area contributed by atoms with Crippen molar-refractivity contribution in [3.05, 3.63) is 59.5 Å². The van der Waals surface area contributed by atoms with E-state index in [4.69, 9.17) is 4.52 Å². The van der Waals surface area contributed by atoms with Crippen molar-refractivity contribution in [1.82, 2.24) is 15.4 Å². The maximum absolute atomic E-state index is 12.7. The molecule has 5 nitrogen and oxygen atoms in total. The molecule has 0 amide bonds. The van der Waals surface area contributed by atoms with Gasteiger partial charge in [-0.3, -0.25) is 5.10 Å². The van der Waals surface area contributed by atoms with Gasteiger partial charge < -0.3 is 9.63 Å². The Kier molecular flexibility index (Phi) is 5.21. The van der Waals surface area contributed by atoms with Crippen molar-refractivity contribution in [2.45, 2.75) is 50.3 Å². The molecule has 2 N–H and O–H groups in total. The molecule has 1 aliphatic rings. The second-order valence-electron chi connectivity index (χ2n) is 7.91. The minimum Gasteiger partial charge on any atom is -0.389 e. The number of halogens is 3. The van der Waals surface area contributed by atoms with E-state index in [0.29, 0.717) is 36.6 Å². The van der Waals surface area contributed by atoms with Crippen LogP contribution in [-0.4, -0.2) is 26.1 Å². The van der Waals surface area contributed by atoms with Gasteiger partial charge in [0, 0.05) is 18.7 Å². The molecular formula is C21H22F3N3O2. The standard InChI is InChI=1S/C21H22F3N3O2/c22-21(23,24)17-3-1-14(2-4-17)9-15-5-7-20(28,8-6-15)11-18-10-19(29-27-18)16-12-25-26-13-16/h1-4,10,12-13,15,28H,5-9,11H2,(H,25,26). The molecule has 8 heteroatoms. The summed E-state index contributed by atoms with van der Waals surface area (Å²) in [5, 5.41) is 21.6. The second kappa shape index (κ2) is 7.67. The summed E-state index contributed by atoms with van der Waals surface area (Å²) in [6, 6.07) is 7.19. The van der Waals surface area contributed by atoms with Gasteiger partial charge in [-0.1, -0.05) is 17.3 Å².